The first kappa shape index (κ1) is 13.7. The Morgan fingerprint density at radius 1 is 1.44 bits per heavy atom. The van der Waals surface area contributed by atoms with E-state index in [4.69, 9.17) is 10.3 Å². The molecule has 2 rings (SSSR count). The Morgan fingerprint density at radius 2 is 2.11 bits per heavy atom. The van der Waals surface area contributed by atoms with Gasteiger partial charge in [-0.25, -0.2) is 5.53 Å². The van der Waals surface area contributed by atoms with Gasteiger partial charge in [0.1, 0.15) is 0 Å². The summed E-state index contributed by atoms with van der Waals surface area (Å²) in [6, 6.07) is -0.0517. The largest absolute Gasteiger partial charge is 0.414 e. The molecule has 2 heterocycles. The Morgan fingerprint density at radius 3 is 2.67 bits per heavy atom. The topological polar surface area (TPSA) is 48.7 Å². The third-order valence-corrected chi connectivity index (χ3v) is 3.77. The average molecular weight is 265 g/mol. The molecule has 2 aliphatic rings. The third kappa shape index (κ3) is 2.83. The van der Waals surface area contributed by atoms with Crippen LogP contribution < -0.4 is 0 Å². The molecule has 2 fully saturated rings. The van der Waals surface area contributed by atoms with Crippen molar-refractivity contribution in [1.29, 1.82) is 5.53 Å². The number of alkyl halides is 3. The molecular weight excluding hydrogens is 247 g/mol. The van der Waals surface area contributed by atoms with Crippen molar-refractivity contribution in [3.05, 3.63) is 0 Å². The fraction of sp³-hybridized carbons (Fsp3) is 1.00. The lowest BCUT2D eigenvalue weighted by Crippen LogP contribution is -2.61. The summed E-state index contributed by atoms with van der Waals surface area (Å²) < 4.78 is 42.6. The lowest BCUT2D eigenvalue weighted by Gasteiger charge is -2.52. The fourth-order valence-corrected chi connectivity index (χ4v) is 2.82. The highest BCUT2D eigenvalue weighted by molar-refractivity contribution is 4.97. The average Bonchev–Trinajstić information content (AvgIpc) is 2.25. The highest BCUT2D eigenvalue weighted by Gasteiger charge is 2.48. The SMILES string of the molecule is CC1(CN=N)CN(C2CCOC(C(F)(F)F)C2)C1. The van der Waals surface area contributed by atoms with E-state index in [1.165, 1.54) is 0 Å². The molecule has 0 bridgehead atoms. The summed E-state index contributed by atoms with van der Waals surface area (Å²) in [5, 5.41) is 3.38. The molecule has 0 spiro atoms. The molecule has 0 aromatic rings. The van der Waals surface area contributed by atoms with Gasteiger partial charge in [0.2, 0.25) is 0 Å². The van der Waals surface area contributed by atoms with E-state index in [0.29, 0.717) is 13.0 Å². The molecule has 18 heavy (non-hydrogen) atoms. The van der Waals surface area contributed by atoms with E-state index in [9.17, 15) is 13.2 Å². The quantitative estimate of drug-likeness (QED) is 0.797. The minimum atomic E-state index is -4.26. The predicted octanol–water partition coefficient (Wildman–Crippen LogP) is 2.45. The van der Waals surface area contributed by atoms with Gasteiger partial charge in [-0.15, -0.1) is 0 Å². The van der Waals surface area contributed by atoms with E-state index in [-0.39, 0.29) is 24.5 Å². The number of nitrogens with one attached hydrogen (secondary N) is 1. The molecule has 0 saturated carbocycles. The minimum Gasteiger partial charge on any atom is -0.369 e. The molecule has 1 N–H and O–H groups in total. The summed E-state index contributed by atoms with van der Waals surface area (Å²) >= 11 is 0. The highest BCUT2D eigenvalue weighted by atomic mass is 19.4. The summed E-state index contributed by atoms with van der Waals surface area (Å²) in [5.41, 5.74) is 6.82. The number of rotatable bonds is 3. The van der Waals surface area contributed by atoms with Crippen molar-refractivity contribution in [1.82, 2.24) is 4.90 Å². The second-order valence-corrected chi connectivity index (χ2v) is 5.61. The van der Waals surface area contributed by atoms with E-state index >= 15 is 0 Å². The zero-order valence-corrected chi connectivity index (χ0v) is 10.3. The number of hydrogen-bond acceptors (Lipinski definition) is 4. The molecule has 0 aromatic carbocycles. The van der Waals surface area contributed by atoms with Crippen molar-refractivity contribution in [3.63, 3.8) is 0 Å². The van der Waals surface area contributed by atoms with Gasteiger partial charge < -0.3 is 4.74 Å². The van der Waals surface area contributed by atoms with E-state index in [2.05, 4.69) is 10.0 Å². The maximum absolute atomic E-state index is 12.6. The number of hydrogen-bond donors (Lipinski definition) is 1. The summed E-state index contributed by atoms with van der Waals surface area (Å²) in [6.45, 7) is 4.09. The van der Waals surface area contributed by atoms with Crippen LogP contribution in [0, 0.1) is 10.9 Å². The molecule has 2 aliphatic heterocycles. The van der Waals surface area contributed by atoms with Gasteiger partial charge in [-0.1, -0.05) is 6.92 Å². The molecule has 0 aliphatic carbocycles. The van der Waals surface area contributed by atoms with Gasteiger partial charge >= 0.3 is 6.18 Å². The number of nitrogens with zero attached hydrogens (tertiary/aromatic N) is 2. The maximum atomic E-state index is 12.6. The van der Waals surface area contributed by atoms with Crippen LogP contribution in [0.3, 0.4) is 0 Å². The molecule has 7 heteroatoms. The van der Waals surface area contributed by atoms with Crippen LogP contribution in [-0.2, 0) is 4.74 Å². The van der Waals surface area contributed by atoms with Gasteiger partial charge in [-0.2, -0.15) is 18.3 Å². The molecule has 0 amide bonds. The molecular formula is C11H18F3N3O. The van der Waals surface area contributed by atoms with Crippen molar-refractivity contribution in [2.24, 2.45) is 10.5 Å². The lowest BCUT2D eigenvalue weighted by molar-refractivity contribution is -0.240. The van der Waals surface area contributed by atoms with Crippen LogP contribution in [0.2, 0.25) is 0 Å². The van der Waals surface area contributed by atoms with E-state index < -0.39 is 12.3 Å². The highest BCUT2D eigenvalue weighted by Crippen LogP contribution is 2.37. The molecule has 2 unspecified atom stereocenters. The van der Waals surface area contributed by atoms with Crippen molar-refractivity contribution in [2.75, 3.05) is 26.2 Å². The van der Waals surface area contributed by atoms with Crippen LogP contribution in [0.5, 0.6) is 0 Å². The maximum Gasteiger partial charge on any atom is 0.414 e. The van der Waals surface area contributed by atoms with Crippen LogP contribution in [0.4, 0.5) is 13.2 Å². The van der Waals surface area contributed by atoms with Crippen molar-refractivity contribution in [3.8, 4) is 0 Å². The molecule has 4 nitrogen and oxygen atoms in total. The molecule has 2 atom stereocenters. The Labute approximate surface area is 104 Å². The summed E-state index contributed by atoms with van der Waals surface area (Å²) in [6.07, 6.45) is -5.20. The smallest absolute Gasteiger partial charge is 0.369 e. The summed E-state index contributed by atoms with van der Waals surface area (Å²) in [7, 11) is 0. The Bertz CT molecular complexity index is 315. The van der Waals surface area contributed by atoms with Crippen LogP contribution >= 0.6 is 0 Å². The monoisotopic (exact) mass is 265 g/mol. The van der Waals surface area contributed by atoms with Gasteiger partial charge in [0, 0.05) is 31.2 Å². The van der Waals surface area contributed by atoms with Gasteiger partial charge in [0.25, 0.3) is 0 Å². The molecule has 0 aromatic heterocycles. The molecule has 104 valence electrons. The molecule has 0 radical (unpaired) electrons. The number of ether oxygens (including phenoxy) is 1. The summed E-state index contributed by atoms with van der Waals surface area (Å²) in [4.78, 5) is 2.06. The van der Waals surface area contributed by atoms with Gasteiger partial charge in [0.15, 0.2) is 6.10 Å². The first-order valence-corrected chi connectivity index (χ1v) is 6.10. The normalized spacial score (nSPS) is 32.9. The number of likely N-dealkylation sites (tertiary alicyclic amines) is 1. The van der Waals surface area contributed by atoms with Gasteiger partial charge in [-0.3, -0.25) is 4.90 Å². The lowest BCUT2D eigenvalue weighted by atomic mass is 9.79. The molecule has 2 saturated heterocycles. The van der Waals surface area contributed by atoms with E-state index in [1.54, 1.807) is 0 Å². The second-order valence-electron chi connectivity index (χ2n) is 5.61. The first-order chi connectivity index (χ1) is 8.34. The van der Waals surface area contributed by atoms with Crippen LogP contribution in [0.1, 0.15) is 19.8 Å². The van der Waals surface area contributed by atoms with Crippen molar-refractivity contribution < 1.29 is 17.9 Å². The predicted molar refractivity (Wildman–Crippen MR) is 58.5 cm³/mol. The first-order valence-electron chi connectivity index (χ1n) is 6.10. The van der Waals surface area contributed by atoms with Crippen molar-refractivity contribution >= 4 is 0 Å². The Kier molecular flexibility index (Phi) is 3.64. The second kappa shape index (κ2) is 4.77. The van der Waals surface area contributed by atoms with Gasteiger partial charge in [0.05, 0.1) is 6.54 Å². The van der Waals surface area contributed by atoms with Gasteiger partial charge in [-0.05, 0) is 12.8 Å². The standard InChI is InChI=1S/C11H18F3N3O/c1-10(5-16-15)6-17(7-10)8-2-3-18-9(4-8)11(12,13)14/h8-9,15H,2-7H2,1H3. The van der Waals surface area contributed by atoms with Crippen LogP contribution in [0.15, 0.2) is 5.11 Å². The Balaban J connectivity index is 1.86. The van der Waals surface area contributed by atoms with Crippen molar-refractivity contribution in [2.45, 2.75) is 38.1 Å². The minimum absolute atomic E-state index is 0.0254. The van der Waals surface area contributed by atoms with Crippen LogP contribution in [0.25, 0.3) is 0 Å². The summed E-state index contributed by atoms with van der Waals surface area (Å²) in [5.74, 6) is 0. The van der Waals surface area contributed by atoms with E-state index in [0.717, 1.165) is 13.1 Å². The number of halogens is 3. The zero-order chi connectivity index (χ0) is 13.4. The van der Waals surface area contributed by atoms with E-state index in [1.807, 2.05) is 6.92 Å². The van der Waals surface area contributed by atoms with Crippen LogP contribution in [-0.4, -0.2) is 49.5 Å². The zero-order valence-electron chi connectivity index (χ0n) is 10.3. The fourth-order valence-electron chi connectivity index (χ4n) is 2.82. The Hall–Kier alpha value is -0.690. The third-order valence-electron chi connectivity index (χ3n) is 3.77.